The molecule has 0 atom stereocenters. The maximum Gasteiger partial charge on any atom is 0.227 e. The van der Waals surface area contributed by atoms with Crippen molar-refractivity contribution in [2.24, 2.45) is 11.0 Å². The predicted octanol–water partition coefficient (Wildman–Crippen LogP) is 2.70. The molecule has 0 radical (unpaired) electrons. The third-order valence-electron chi connectivity index (χ3n) is 6.01. The summed E-state index contributed by atoms with van der Waals surface area (Å²) < 4.78 is 26.9. The molecule has 4 rings (SSSR count). The van der Waals surface area contributed by atoms with Crippen molar-refractivity contribution in [2.45, 2.75) is 50.8 Å². The third-order valence-corrected chi connectivity index (χ3v) is 7.91. The van der Waals surface area contributed by atoms with Crippen molar-refractivity contribution >= 4 is 33.1 Å². The number of para-hydroxylation sites is 1. The van der Waals surface area contributed by atoms with Crippen molar-refractivity contribution in [3.8, 4) is 0 Å². The molecule has 33 heavy (non-hydrogen) atoms. The van der Waals surface area contributed by atoms with Crippen molar-refractivity contribution in [3.05, 3.63) is 60.2 Å². The number of hydrazine groups is 2. The fourth-order valence-electron chi connectivity index (χ4n) is 3.98. The van der Waals surface area contributed by atoms with Crippen LogP contribution in [-0.4, -0.2) is 31.5 Å². The SMILES string of the molecule is CC(C)S(=O)(=O)N[C@H]1CC[C@H](C(=O)Nc2ccc(C3=NNNN3c3ccccc3)cc2)CC1. The summed E-state index contributed by atoms with van der Waals surface area (Å²) in [5.74, 6) is 0.576. The first kappa shape index (κ1) is 23.2. The average molecular weight is 471 g/mol. The van der Waals surface area contributed by atoms with Gasteiger partial charge >= 0.3 is 0 Å². The molecule has 1 aliphatic carbocycles. The number of sulfonamides is 1. The molecule has 2 aromatic rings. The first-order valence-electron chi connectivity index (χ1n) is 11.2. The molecule has 0 spiro atoms. The highest BCUT2D eigenvalue weighted by Crippen LogP contribution is 2.27. The summed E-state index contributed by atoms with van der Waals surface area (Å²) in [4.78, 5) is 12.7. The van der Waals surface area contributed by atoms with Gasteiger partial charge in [-0.1, -0.05) is 18.2 Å². The largest absolute Gasteiger partial charge is 0.326 e. The lowest BCUT2D eigenvalue weighted by molar-refractivity contribution is -0.120. The summed E-state index contributed by atoms with van der Waals surface area (Å²) in [6.45, 7) is 3.33. The van der Waals surface area contributed by atoms with Crippen molar-refractivity contribution in [1.29, 1.82) is 0 Å². The Hall–Kier alpha value is -2.95. The van der Waals surface area contributed by atoms with Gasteiger partial charge in [0.25, 0.3) is 0 Å². The van der Waals surface area contributed by atoms with E-state index in [4.69, 9.17) is 0 Å². The van der Waals surface area contributed by atoms with Crippen LogP contribution in [0.25, 0.3) is 0 Å². The average Bonchev–Trinajstić information content (AvgIpc) is 3.30. The Morgan fingerprint density at radius 3 is 2.33 bits per heavy atom. The van der Waals surface area contributed by atoms with Crippen LogP contribution >= 0.6 is 0 Å². The second kappa shape index (κ2) is 9.90. The minimum Gasteiger partial charge on any atom is -0.326 e. The molecule has 0 saturated heterocycles. The molecule has 4 N–H and O–H groups in total. The Balaban J connectivity index is 1.32. The van der Waals surface area contributed by atoms with E-state index in [1.807, 2.05) is 59.6 Å². The van der Waals surface area contributed by atoms with Gasteiger partial charge < -0.3 is 5.32 Å². The summed E-state index contributed by atoms with van der Waals surface area (Å²) in [5.41, 5.74) is 8.35. The number of amides is 1. The fraction of sp³-hybridized carbons (Fsp3) is 0.391. The van der Waals surface area contributed by atoms with Gasteiger partial charge in [0.05, 0.1) is 10.9 Å². The molecule has 2 aromatic carbocycles. The molecule has 1 saturated carbocycles. The van der Waals surface area contributed by atoms with Crippen LogP contribution in [0.3, 0.4) is 0 Å². The van der Waals surface area contributed by atoms with E-state index in [2.05, 4.69) is 26.2 Å². The highest BCUT2D eigenvalue weighted by atomic mass is 32.2. The number of rotatable bonds is 7. The van der Waals surface area contributed by atoms with Gasteiger partial charge in [0, 0.05) is 23.2 Å². The zero-order chi connectivity index (χ0) is 23.4. The number of nitrogens with zero attached hydrogens (tertiary/aromatic N) is 2. The van der Waals surface area contributed by atoms with Crippen molar-refractivity contribution in [3.63, 3.8) is 0 Å². The Bertz CT molecular complexity index is 1090. The van der Waals surface area contributed by atoms with Crippen LogP contribution < -0.4 is 26.1 Å². The number of hydrogen-bond acceptors (Lipinski definition) is 7. The van der Waals surface area contributed by atoms with Gasteiger partial charge in [-0.2, -0.15) is 0 Å². The van der Waals surface area contributed by atoms with E-state index in [1.165, 1.54) is 0 Å². The first-order valence-corrected chi connectivity index (χ1v) is 12.7. The maximum atomic E-state index is 12.7. The van der Waals surface area contributed by atoms with Crippen LogP contribution in [0.5, 0.6) is 0 Å². The van der Waals surface area contributed by atoms with Crippen LogP contribution in [0.15, 0.2) is 59.7 Å². The van der Waals surface area contributed by atoms with E-state index in [0.29, 0.717) is 25.7 Å². The Labute approximate surface area is 194 Å². The van der Waals surface area contributed by atoms with Gasteiger partial charge in [0.15, 0.2) is 5.84 Å². The zero-order valence-corrected chi connectivity index (χ0v) is 19.6. The van der Waals surface area contributed by atoms with Crippen LogP contribution in [0.2, 0.25) is 0 Å². The van der Waals surface area contributed by atoms with E-state index in [0.717, 1.165) is 22.8 Å². The van der Waals surface area contributed by atoms with E-state index in [-0.39, 0.29) is 17.9 Å². The highest BCUT2D eigenvalue weighted by Gasteiger charge is 2.29. The molecule has 0 bridgehead atoms. The topological polar surface area (TPSA) is 115 Å². The molecular formula is C23H30N6O3S. The molecule has 10 heteroatoms. The van der Waals surface area contributed by atoms with Gasteiger partial charge in [-0.15, -0.1) is 10.6 Å². The third kappa shape index (κ3) is 5.52. The predicted molar refractivity (Wildman–Crippen MR) is 130 cm³/mol. The van der Waals surface area contributed by atoms with Crippen LogP contribution in [0.1, 0.15) is 45.1 Å². The minimum atomic E-state index is -3.29. The van der Waals surface area contributed by atoms with Crippen molar-refractivity contribution < 1.29 is 13.2 Å². The molecule has 1 aliphatic heterocycles. The minimum absolute atomic E-state index is 0.0274. The molecule has 0 aromatic heterocycles. The Morgan fingerprint density at radius 2 is 1.70 bits per heavy atom. The second-order valence-electron chi connectivity index (χ2n) is 8.66. The number of carbonyl (C=O) groups excluding carboxylic acids is 1. The van der Waals surface area contributed by atoms with E-state index < -0.39 is 15.3 Å². The normalized spacial score (nSPS) is 20.9. The first-order chi connectivity index (χ1) is 15.8. The van der Waals surface area contributed by atoms with E-state index >= 15 is 0 Å². The lowest BCUT2D eigenvalue weighted by atomic mass is 9.86. The summed E-state index contributed by atoms with van der Waals surface area (Å²) in [6.07, 6.45) is 2.65. The molecular weight excluding hydrogens is 440 g/mol. The number of carbonyl (C=O) groups is 1. The monoisotopic (exact) mass is 470 g/mol. The van der Waals surface area contributed by atoms with Gasteiger partial charge in [-0.05, 0) is 75.9 Å². The molecule has 1 amide bonds. The van der Waals surface area contributed by atoms with Crippen LogP contribution in [0.4, 0.5) is 11.4 Å². The maximum absolute atomic E-state index is 12.7. The Morgan fingerprint density at radius 1 is 1.03 bits per heavy atom. The zero-order valence-electron chi connectivity index (χ0n) is 18.8. The number of hydrogen-bond donors (Lipinski definition) is 4. The van der Waals surface area contributed by atoms with Gasteiger partial charge in [0.2, 0.25) is 15.9 Å². The molecule has 1 heterocycles. The summed E-state index contributed by atoms with van der Waals surface area (Å²) >= 11 is 0. The number of benzene rings is 2. The van der Waals surface area contributed by atoms with Crippen molar-refractivity contribution in [1.82, 2.24) is 15.8 Å². The molecule has 176 valence electrons. The quantitative estimate of drug-likeness (QED) is 0.495. The number of amidine groups is 1. The van der Waals surface area contributed by atoms with Crippen LogP contribution in [0, 0.1) is 5.92 Å². The summed E-state index contributed by atoms with van der Waals surface area (Å²) in [6, 6.07) is 17.3. The molecule has 1 fully saturated rings. The number of anilines is 2. The lowest BCUT2D eigenvalue weighted by Gasteiger charge is -2.28. The van der Waals surface area contributed by atoms with Gasteiger partial charge in [0.1, 0.15) is 0 Å². The van der Waals surface area contributed by atoms with E-state index in [1.54, 1.807) is 13.8 Å². The Kier molecular flexibility index (Phi) is 6.96. The highest BCUT2D eigenvalue weighted by molar-refractivity contribution is 7.90. The molecule has 9 nitrogen and oxygen atoms in total. The lowest BCUT2D eigenvalue weighted by Crippen LogP contribution is -2.42. The number of nitrogens with one attached hydrogen (secondary N) is 4. The number of hydrazone groups is 1. The van der Waals surface area contributed by atoms with Crippen molar-refractivity contribution in [2.75, 3.05) is 10.3 Å². The second-order valence-corrected chi connectivity index (χ2v) is 10.9. The fourth-order valence-corrected chi connectivity index (χ4v) is 4.95. The summed E-state index contributed by atoms with van der Waals surface area (Å²) in [7, 11) is -3.29. The standard InChI is InChI=1S/C23H30N6O3S/c1-16(2)33(31,32)26-20-14-10-18(11-15-20)23(30)24-19-12-8-17(9-13-19)22-25-27-28-29(22)21-6-4-3-5-7-21/h3-9,12-13,16,18,20,26-28H,10-11,14-15H2,1-2H3,(H,24,30)/t18-,20-. The summed E-state index contributed by atoms with van der Waals surface area (Å²) in [5, 5.41) is 8.70. The van der Waals surface area contributed by atoms with E-state index in [9.17, 15) is 13.2 Å². The molecule has 2 aliphatic rings. The van der Waals surface area contributed by atoms with Gasteiger partial charge in [-0.3, -0.25) is 4.79 Å². The molecule has 0 unspecified atom stereocenters. The smallest absolute Gasteiger partial charge is 0.227 e. The van der Waals surface area contributed by atoms with Crippen LogP contribution in [-0.2, 0) is 14.8 Å². The van der Waals surface area contributed by atoms with Gasteiger partial charge in [-0.25, -0.2) is 23.7 Å².